The van der Waals surface area contributed by atoms with Gasteiger partial charge in [-0.15, -0.1) is 0 Å². The lowest BCUT2D eigenvalue weighted by Crippen LogP contribution is -2.12. The molecule has 5 nitrogen and oxygen atoms in total. The molecule has 0 saturated carbocycles. The first-order chi connectivity index (χ1) is 33.4. The number of hydrogen-bond donors (Lipinski definition) is 2. The molecule has 2 aromatic heterocycles. The maximum atomic E-state index is 6.84. The number of aromatic nitrogens is 2. The number of fused-ring (bicyclic) bond motifs is 7. The molecule has 0 fully saturated rings. The Kier molecular flexibility index (Phi) is 9.99. The van der Waals surface area contributed by atoms with Crippen LogP contribution >= 0.6 is 0 Å². The van der Waals surface area contributed by atoms with Crippen molar-refractivity contribution >= 4 is 44.4 Å². The Bertz CT molecular complexity index is 3630. The van der Waals surface area contributed by atoms with Crippen molar-refractivity contribution in [1.29, 1.82) is 0 Å². The normalized spacial score (nSPS) is 11.8. The fourth-order valence-corrected chi connectivity index (χ4v) is 9.97. The summed E-state index contributed by atoms with van der Waals surface area (Å²) < 4.78 is 9.20. The van der Waals surface area contributed by atoms with E-state index in [2.05, 4.69) is 242 Å². The Balaban J connectivity index is 0.942. The van der Waals surface area contributed by atoms with Crippen LogP contribution in [0.2, 0.25) is 0 Å². The highest BCUT2D eigenvalue weighted by atomic mass is 16.5. The number of rotatable bonds is 9. The van der Waals surface area contributed by atoms with E-state index in [-0.39, 0.29) is 5.41 Å². The maximum absolute atomic E-state index is 6.84. The Labute approximate surface area is 397 Å². The van der Waals surface area contributed by atoms with Crippen LogP contribution in [0.5, 0.6) is 11.5 Å². The fraction of sp³-hybridized carbons (Fsp3) is 0.0635. The lowest BCUT2D eigenvalue weighted by atomic mass is 9.88. The van der Waals surface area contributed by atoms with Gasteiger partial charge in [-0.25, -0.2) is 4.98 Å². The zero-order chi connectivity index (χ0) is 45.8. The number of nitrogens with one attached hydrogen (secondary N) is 2. The molecule has 5 heteroatoms. The molecule has 0 saturated heterocycles. The van der Waals surface area contributed by atoms with Gasteiger partial charge in [0, 0.05) is 51.7 Å². The van der Waals surface area contributed by atoms with E-state index < -0.39 is 0 Å². The van der Waals surface area contributed by atoms with Gasteiger partial charge < -0.3 is 15.4 Å². The smallest absolute Gasteiger partial charge is 0.137 e. The summed E-state index contributed by atoms with van der Waals surface area (Å²) in [4.78, 5) is 5.10. The van der Waals surface area contributed by atoms with Crippen LogP contribution < -0.4 is 15.4 Å². The van der Waals surface area contributed by atoms with Crippen LogP contribution in [0, 0.1) is 0 Å². The summed E-state index contributed by atoms with van der Waals surface area (Å²) in [6.45, 7) is 6.76. The van der Waals surface area contributed by atoms with Crippen LogP contribution in [0.25, 0.3) is 83.3 Å². The molecular weight excluding hydrogens is 829 g/mol. The monoisotopic (exact) mass is 876 g/mol. The summed E-state index contributed by atoms with van der Waals surface area (Å²) in [6, 6.07) is 77.2. The van der Waals surface area contributed by atoms with Crippen molar-refractivity contribution in [2.75, 3.05) is 10.6 Å². The molecule has 0 unspecified atom stereocenters. The van der Waals surface area contributed by atoms with Crippen LogP contribution in [0.3, 0.4) is 0 Å². The van der Waals surface area contributed by atoms with Crippen molar-refractivity contribution in [3.8, 4) is 73.1 Å². The summed E-state index contributed by atoms with van der Waals surface area (Å²) in [5.41, 5.74) is 17.7. The van der Waals surface area contributed by atoms with Crippen LogP contribution in [0.4, 0.5) is 22.7 Å². The Morgan fingerprint density at radius 2 is 1.06 bits per heavy atom. The zero-order valence-electron chi connectivity index (χ0n) is 38.2. The number of nitrogens with zero attached hydrogens (tertiary/aromatic N) is 2. The quantitative estimate of drug-likeness (QED) is 0.152. The average Bonchev–Trinajstić information content (AvgIpc) is 3.65. The van der Waals surface area contributed by atoms with Crippen molar-refractivity contribution < 1.29 is 4.74 Å². The minimum absolute atomic E-state index is 0.0704. The first-order valence-corrected chi connectivity index (χ1v) is 23.3. The van der Waals surface area contributed by atoms with Crippen molar-refractivity contribution in [2.24, 2.45) is 0 Å². The minimum atomic E-state index is -0.0704. The summed E-state index contributed by atoms with van der Waals surface area (Å²) in [7, 11) is 0. The van der Waals surface area contributed by atoms with Gasteiger partial charge in [-0.05, 0) is 98.1 Å². The number of anilines is 4. The standard InChI is InChI=1S/C63H48N4O/c1-63(2,3)44-36-37-64-58(38-44)67-57-40-47(34-35-53(57)60-54-31-15-23-43-22-14-30-51(59(43)54)50-26-10-11-27-52(50)62(60)67)68-46-25-16-24-45(39-46)65-55-32-12-13-33-56(55)66-61-48(41-18-6-4-7-19-41)28-17-29-49(61)42-20-8-5-9-21-42/h4-40,65-66H,1-3H3. The highest BCUT2D eigenvalue weighted by Gasteiger charge is 2.29. The highest BCUT2D eigenvalue weighted by molar-refractivity contribution is 6.19. The van der Waals surface area contributed by atoms with Gasteiger partial charge in [0.1, 0.15) is 17.3 Å². The van der Waals surface area contributed by atoms with E-state index in [9.17, 15) is 0 Å². The van der Waals surface area contributed by atoms with E-state index in [0.717, 1.165) is 78.9 Å². The first kappa shape index (κ1) is 40.8. The summed E-state index contributed by atoms with van der Waals surface area (Å²) in [6.07, 6.45) is 1.95. The van der Waals surface area contributed by atoms with Crippen molar-refractivity contribution in [3.63, 3.8) is 0 Å². The molecule has 0 spiro atoms. The molecular formula is C63H48N4O. The van der Waals surface area contributed by atoms with Crippen LogP contribution in [0.15, 0.2) is 225 Å². The Morgan fingerprint density at radius 3 is 1.78 bits per heavy atom. The lowest BCUT2D eigenvalue weighted by Gasteiger charge is -2.21. The molecule has 2 heterocycles. The molecule has 12 rings (SSSR count). The molecule has 1 aliphatic rings. The van der Waals surface area contributed by atoms with Crippen molar-refractivity contribution in [2.45, 2.75) is 26.2 Å². The van der Waals surface area contributed by atoms with Crippen LogP contribution in [-0.2, 0) is 5.41 Å². The molecule has 0 bridgehead atoms. The second-order valence-electron chi connectivity index (χ2n) is 18.5. The fourth-order valence-electron chi connectivity index (χ4n) is 9.97. The number of pyridine rings is 1. The first-order valence-electron chi connectivity index (χ1n) is 23.3. The van der Waals surface area contributed by atoms with Gasteiger partial charge in [-0.2, -0.15) is 0 Å². The Morgan fingerprint density at radius 1 is 0.471 bits per heavy atom. The number of para-hydroxylation sites is 3. The number of hydrogen-bond acceptors (Lipinski definition) is 4. The molecule has 1 aliphatic carbocycles. The number of ether oxygens (including phenoxy) is 1. The summed E-state index contributed by atoms with van der Waals surface area (Å²) in [5.74, 6) is 2.32. The molecule has 9 aromatic carbocycles. The topological polar surface area (TPSA) is 51.1 Å². The zero-order valence-corrected chi connectivity index (χ0v) is 38.2. The van der Waals surface area contributed by atoms with Gasteiger partial charge in [0.15, 0.2) is 0 Å². The van der Waals surface area contributed by atoms with E-state index >= 15 is 0 Å². The number of benzene rings is 9. The van der Waals surface area contributed by atoms with Gasteiger partial charge in [-0.1, -0.05) is 178 Å². The third kappa shape index (κ3) is 7.26. The van der Waals surface area contributed by atoms with Crippen LogP contribution in [0.1, 0.15) is 26.3 Å². The van der Waals surface area contributed by atoms with Crippen molar-refractivity contribution in [1.82, 2.24) is 9.55 Å². The molecule has 0 amide bonds. The van der Waals surface area contributed by atoms with E-state index in [1.807, 2.05) is 18.3 Å². The van der Waals surface area contributed by atoms with Gasteiger partial charge in [0.05, 0.1) is 28.3 Å². The second kappa shape index (κ2) is 16.6. The predicted octanol–water partition coefficient (Wildman–Crippen LogP) is 17.4. The molecule has 11 aromatic rings. The van der Waals surface area contributed by atoms with Gasteiger partial charge in [0.2, 0.25) is 0 Å². The van der Waals surface area contributed by atoms with E-state index in [1.165, 1.54) is 44.2 Å². The van der Waals surface area contributed by atoms with E-state index in [4.69, 9.17) is 9.72 Å². The van der Waals surface area contributed by atoms with Crippen LogP contribution in [-0.4, -0.2) is 9.55 Å². The van der Waals surface area contributed by atoms with Gasteiger partial charge >= 0.3 is 0 Å². The van der Waals surface area contributed by atoms with Gasteiger partial charge in [0.25, 0.3) is 0 Å². The third-order valence-corrected chi connectivity index (χ3v) is 13.2. The van der Waals surface area contributed by atoms with E-state index in [0.29, 0.717) is 0 Å². The van der Waals surface area contributed by atoms with Crippen molar-refractivity contribution in [3.05, 3.63) is 230 Å². The molecule has 0 radical (unpaired) electrons. The predicted molar refractivity (Wildman–Crippen MR) is 284 cm³/mol. The Hall–Kier alpha value is -8.67. The largest absolute Gasteiger partial charge is 0.457 e. The minimum Gasteiger partial charge on any atom is -0.457 e. The third-order valence-electron chi connectivity index (χ3n) is 13.2. The SMILES string of the molecule is CC(C)(C)c1ccnc(-n2c3c(c4ccc(Oc5cccc(Nc6ccccc6Nc6c(-c7ccccc7)cccc6-c6ccccc6)c5)cc42)-c2cccc4cccc(c24)-c2ccccc2-3)c1. The maximum Gasteiger partial charge on any atom is 0.137 e. The highest BCUT2D eigenvalue weighted by Crippen LogP contribution is 2.52. The average molecular weight is 877 g/mol. The summed E-state index contributed by atoms with van der Waals surface area (Å²) in [5, 5.41) is 11.2. The molecule has 2 N–H and O–H groups in total. The molecule has 326 valence electrons. The molecule has 0 atom stereocenters. The molecule has 68 heavy (non-hydrogen) atoms. The summed E-state index contributed by atoms with van der Waals surface area (Å²) >= 11 is 0. The van der Waals surface area contributed by atoms with Gasteiger partial charge in [-0.3, -0.25) is 4.57 Å². The second-order valence-corrected chi connectivity index (χ2v) is 18.5. The molecule has 0 aliphatic heterocycles. The van der Waals surface area contributed by atoms with E-state index in [1.54, 1.807) is 0 Å². The lowest BCUT2D eigenvalue weighted by molar-refractivity contribution is 0.483.